The van der Waals surface area contributed by atoms with Crippen molar-refractivity contribution in [2.24, 2.45) is 5.73 Å². The van der Waals surface area contributed by atoms with Crippen molar-refractivity contribution in [1.82, 2.24) is 0 Å². The third-order valence-corrected chi connectivity index (χ3v) is 0.929. The van der Waals surface area contributed by atoms with Gasteiger partial charge < -0.3 is 4.74 Å². The topological polar surface area (TPSA) is 35.2 Å². The van der Waals surface area contributed by atoms with Crippen LogP contribution in [0.2, 0.25) is 0 Å². The molecule has 2 heteroatoms. The summed E-state index contributed by atoms with van der Waals surface area (Å²) in [6, 6.07) is 10.1. The number of hydrogen-bond donors (Lipinski definition) is 1. The van der Waals surface area contributed by atoms with Crippen molar-refractivity contribution in [2.45, 2.75) is 0 Å². The first-order chi connectivity index (χ1) is 4.43. The van der Waals surface area contributed by atoms with Gasteiger partial charge in [-0.25, -0.2) is 0 Å². The van der Waals surface area contributed by atoms with Gasteiger partial charge in [0.15, 0.2) is 0 Å². The molecule has 1 aromatic rings. The maximum absolute atomic E-state index is 5.12. The Bertz CT molecular complexity index is 162. The van der Waals surface area contributed by atoms with E-state index >= 15 is 0 Å². The van der Waals surface area contributed by atoms with Crippen LogP contribution in [-0.4, -0.2) is 6.73 Å². The highest BCUT2D eigenvalue weighted by Gasteiger charge is 1.84. The van der Waals surface area contributed by atoms with Crippen molar-refractivity contribution < 1.29 is 4.74 Å². The van der Waals surface area contributed by atoms with Gasteiger partial charge in [0.25, 0.3) is 0 Å². The zero-order chi connectivity index (χ0) is 6.53. The highest BCUT2D eigenvalue weighted by atomic mass is 16.5. The van der Waals surface area contributed by atoms with Gasteiger partial charge in [0.1, 0.15) is 12.5 Å². The molecule has 0 fully saturated rings. The smallest absolute Gasteiger partial charge is 0.137 e. The summed E-state index contributed by atoms with van der Waals surface area (Å²) in [5.41, 5.74) is 5.12. The van der Waals surface area contributed by atoms with Crippen molar-refractivity contribution in [2.75, 3.05) is 6.73 Å². The molecule has 0 aliphatic carbocycles. The van der Waals surface area contributed by atoms with E-state index in [1.807, 2.05) is 18.2 Å². The SMILES string of the molecule is NCOc1c[c]ccc1. The van der Waals surface area contributed by atoms with Gasteiger partial charge in [0.05, 0.1) is 0 Å². The second-order valence-electron chi connectivity index (χ2n) is 1.55. The van der Waals surface area contributed by atoms with E-state index in [1.54, 1.807) is 6.07 Å². The average Bonchev–Trinajstić information content (AvgIpc) is 1.91. The first-order valence-corrected chi connectivity index (χ1v) is 2.72. The van der Waals surface area contributed by atoms with E-state index in [1.165, 1.54) is 0 Å². The maximum atomic E-state index is 5.12. The molecule has 0 unspecified atom stereocenters. The molecule has 9 heavy (non-hydrogen) atoms. The normalized spacial score (nSPS) is 9.00. The van der Waals surface area contributed by atoms with E-state index in [-0.39, 0.29) is 6.73 Å². The van der Waals surface area contributed by atoms with E-state index in [4.69, 9.17) is 10.5 Å². The molecule has 0 heterocycles. The lowest BCUT2D eigenvalue weighted by Gasteiger charge is -1.98. The van der Waals surface area contributed by atoms with Gasteiger partial charge >= 0.3 is 0 Å². The first-order valence-electron chi connectivity index (χ1n) is 2.72. The largest absolute Gasteiger partial charge is 0.479 e. The van der Waals surface area contributed by atoms with E-state index in [9.17, 15) is 0 Å². The van der Waals surface area contributed by atoms with Crippen LogP contribution in [0.1, 0.15) is 0 Å². The standard InChI is InChI=1S/C7H8NO/c8-6-9-7-4-2-1-3-5-7/h1-2,4-5H,6,8H2. The van der Waals surface area contributed by atoms with Crippen LogP contribution < -0.4 is 10.5 Å². The van der Waals surface area contributed by atoms with Gasteiger partial charge in [-0.3, -0.25) is 5.73 Å². The third kappa shape index (κ3) is 1.74. The summed E-state index contributed by atoms with van der Waals surface area (Å²) in [6.07, 6.45) is 0. The molecule has 1 aromatic carbocycles. The lowest BCUT2D eigenvalue weighted by molar-refractivity contribution is 0.329. The zero-order valence-corrected chi connectivity index (χ0v) is 5.00. The molecule has 0 amide bonds. The van der Waals surface area contributed by atoms with Crippen LogP contribution in [0.15, 0.2) is 24.3 Å². The van der Waals surface area contributed by atoms with Crippen LogP contribution in [0.3, 0.4) is 0 Å². The fraction of sp³-hybridized carbons (Fsp3) is 0.143. The predicted molar refractivity (Wildman–Crippen MR) is 35.0 cm³/mol. The van der Waals surface area contributed by atoms with Crippen LogP contribution in [-0.2, 0) is 0 Å². The van der Waals surface area contributed by atoms with Gasteiger partial charge in [-0.2, -0.15) is 0 Å². The molecular formula is C7H8NO. The minimum atomic E-state index is 0.220. The molecule has 47 valence electrons. The van der Waals surface area contributed by atoms with E-state index < -0.39 is 0 Å². The second kappa shape index (κ2) is 3.10. The number of nitrogens with two attached hydrogens (primary N) is 1. The molecular weight excluding hydrogens is 114 g/mol. The van der Waals surface area contributed by atoms with Crippen LogP contribution in [0.5, 0.6) is 5.75 Å². The molecule has 0 aliphatic rings. The van der Waals surface area contributed by atoms with Crippen LogP contribution in [0, 0.1) is 6.07 Å². The summed E-state index contributed by atoms with van der Waals surface area (Å²) < 4.78 is 4.95. The lowest BCUT2D eigenvalue weighted by atomic mass is 10.3. The molecule has 1 rings (SSSR count). The van der Waals surface area contributed by atoms with Crippen molar-refractivity contribution in [3.63, 3.8) is 0 Å². The van der Waals surface area contributed by atoms with E-state index in [0.717, 1.165) is 5.75 Å². The Morgan fingerprint density at radius 1 is 1.67 bits per heavy atom. The summed E-state index contributed by atoms with van der Waals surface area (Å²) >= 11 is 0. The Hall–Kier alpha value is -1.02. The molecule has 0 aromatic heterocycles. The van der Waals surface area contributed by atoms with Crippen molar-refractivity contribution in [3.05, 3.63) is 30.3 Å². The molecule has 0 bridgehead atoms. The van der Waals surface area contributed by atoms with E-state index in [2.05, 4.69) is 6.07 Å². The van der Waals surface area contributed by atoms with Crippen LogP contribution >= 0.6 is 0 Å². The minimum Gasteiger partial charge on any atom is -0.479 e. The van der Waals surface area contributed by atoms with Crippen LogP contribution in [0.25, 0.3) is 0 Å². The average molecular weight is 122 g/mol. The fourth-order valence-electron chi connectivity index (χ4n) is 0.563. The highest BCUT2D eigenvalue weighted by molar-refractivity contribution is 5.19. The molecule has 0 atom stereocenters. The predicted octanol–water partition coefficient (Wildman–Crippen LogP) is 0.782. The minimum absolute atomic E-state index is 0.220. The summed E-state index contributed by atoms with van der Waals surface area (Å²) in [6.45, 7) is 0.220. The van der Waals surface area contributed by atoms with Crippen molar-refractivity contribution in [3.8, 4) is 5.75 Å². The summed E-state index contributed by atoms with van der Waals surface area (Å²) in [4.78, 5) is 0. The molecule has 0 aliphatic heterocycles. The van der Waals surface area contributed by atoms with Crippen molar-refractivity contribution in [1.29, 1.82) is 0 Å². The Labute approximate surface area is 54.2 Å². The summed E-state index contributed by atoms with van der Waals surface area (Å²) in [7, 11) is 0. The highest BCUT2D eigenvalue weighted by Crippen LogP contribution is 2.05. The maximum Gasteiger partial charge on any atom is 0.137 e. The van der Waals surface area contributed by atoms with Gasteiger partial charge in [-0.1, -0.05) is 12.1 Å². The molecule has 2 nitrogen and oxygen atoms in total. The molecule has 1 radical (unpaired) electrons. The van der Waals surface area contributed by atoms with E-state index in [0.29, 0.717) is 0 Å². The van der Waals surface area contributed by atoms with Gasteiger partial charge in [-0.15, -0.1) is 0 Å². The molecule has 2 N–H and O–H groups in total. The first kappa shape index (κ1) is 6.11. The zero-order valence-electron chi connectivity index (χ0n) is 5.00. The number of hydrogen-bond acceptors (Lipinski definition) is 2. The van der Waals surface area contributed by atoms with Gasteiger partial charge in [-0.05, 0) is 18.2 Å². The van der Waals surface area contributed by atoms with Gasteiger partial charge in [0, 0.05) is 0 Å². The van der Waals surface area contributed by atoms with Crippen LogP contribution in [0.4, 0.5) is 0 Å². The third-order valence-electron chi connectivity index (χ3n) is 0.929. The Balaban J connectivity index is 2.61. The second-order valence-corrected chi connectivity index (χ2v) is 1.55. The summed E-state index contributed by atoms with van der Waals surface area (Å²) in [5, 5.41) is 0. The molecule has 0 saturated carbocycles. The number of ether oxygens (including phenoxy) is 1. The fourth-order valence-corrected chi connectivity index (χ4v) is 0.563. The Kier molecular flexibility index (Phi) is 2.10. The Morgan fingerprint density at radius 3 is 3.11 bits per heavy atom. The van der Waals surface area contributed by atoms with Crippen molar-refractivity contribution >= 4 is 0 Å². The lowest BCUT2D eigenvalue weighted by Crippen LogP contribution is -2.06. The molecule has 0 saturated heterocycles. The number of rotatable bonds is 2. The number of benzene rings is 1. The summed E-state index contributed by atoms with van der Waals surface area (Å²) in [5.74, 6) is 0.764. The monoisotopic (exact) mass is 122 g/mol. The molecule has 0 spiro atoms. The quantitative estimate of drug-likeness (QED) is 0.588. The Morgan fingerprint density at radius 2 is 2.56 bits per heavy atom. The van der Waals surface area contributed by atoms with Gasteiger partial charge in [0.2, 0.25) is 0 Å².